The van der Waals surface area contributed by atoms with Crippen molar-refractivity contribution in [1.29, 1.82) is 0 Å². The van der Waals surface area contributed by atoms with Gasteiger partial charge in [-0.3, -0.25) is 9.59 Å². The van der Waals surface area contributed by atoms with Crippen molar-refractivity contribution in [3.05, 3.63) is 28.8 Å². The fourth-order valence-electron chi connectivity index (χ4n) is 1.42. The van der Waals surface area contributed by atoms with Crippen LogP contribution in [0.25, 0.3) is 0 Å². The van der Waals surface area contributed by atoms with Crippen molar-refractivity contribution >= 4 is 12.1 Å². The van der Waals surface area contributed by atoms with Gasteiger partial charge in [0, 0.05) is 0 Å². The van der Waals surface area contributed by atoms with Crippen LogP contribution in [0.15, 0.2) is 12.1 Å². The van der Waals surface area contributed by atoms with Gasteiger partial charge in [-0.2, -0.15) is 0 Å². The van der Waals surface area contributed by atoms with Gasteiger partial charge in [0.25, 0.3) is 0 Å². The minimum absolute atomic E-state index is 0.0958. The zero-order valence-electron chi connectivity index (χ0n) is 9.16. The highest BCUT2D eigenvalue weighted by atomic mass is 16.5. The number of aldehydes is 1. The molecule has 1 aromatic rings. The average molecular weight is 206 g/mol. The van der Waals surface area contributed by atoms with Gasteiger partial charge in [-0.15, -0.1) is 0 Å². The highest BCUT2D eigenvalue weighted by Gasteiger charge is 2.14. The summed E-state index contributed by atoms with van der Waals surface area (Å²) in [4.78, 5) is 22.2. The number of hydrogen-bond donors (Lipinski definition) is 0. The number of ketones is 1. The van der Waals surface area contributed by atoms with Gasteiger partial charge in [-0.1, -0.05) is 6.07 Å². The molecule has 15 heavy (non-hydrogen) atoms. The van der Waals surface area contributed by atoms with Crippen molar-refractivity contribution in [2.75, 3.05) is 6.61 Å². The van der Waals surface area contributed by atoms with E-state index in [4.69, 9.17) is 4.74 Å². The van der Waals surface area contributed by atoms with E-state index in [1.165, 1.54) is 6.92 Å². The smallest absolute Gasteiger partial charge is 0.163 e. The van der Waals surface area contributed by atoms with Crippen LogP contribution in [0.2, 0.25) is 0 Å². The van der Waals surface area contributed by atoms with Gasteiger partial charge in [0.1, 0.15) is 5.75 Å². The molecule has 3 heteroatoms. The average Bonchev–Trinajstić information content (AvgIpc) is 2.18. The molecule has 0 atom stereocenters. The minimum atomic E-state index is -0.0958. The summed E-state index contributed by atoms with van der Waals surface area (Å²) in [5, 5.41) is 0. The number of carbonyl (C=O) groups is 2. The molecule has 1 aromatic carbocycles. The summed E-state index contributed by atoms with van der Waals surface area (Å²) in [6, 6.07) is 3.44. The third-order valence-corrected chi connectivity index (χ3v) is 2.20. The SMILES string of the molecule is CCOc1c(C(C)=O)ccc(C)c1C=O. The zero-order valence-corrected chi connectivity index (χ0v) is 9.16. The maximum atomic E-state index is 11.3. The molecule has 80 valence electrons. The molecule has 0 amide bonds. The summed E-state index contributed by atoms with van der Waals surface area (Å²) < 4.78 is 5.35. The molecule has 1 rings (SSSR count). The molecule has 0 aliphatic rings. The second-order valence-electron chi connectivity index (χ2n) is 3.28. The number of aryl methyl sites for hydroxylation is 1. The van der Waals surface area contributed by atoms with Crippen LogP contribution >= 0.6 is 0 Å². The lowest BCUT2D eigenvalue weighted by Gasteiger charge is -2.12. The van der Waals surface area contributed by atoms with Crippen molar-refractivity contribution in [1.82, 2.24) is 0 Å². The number of benzene rings is 1. The Morgan fingerprint density at radius 1 is 1.47 bits per heavy atom. The number of ether oxygens (including phenoxy) is 1. The van der Waals surface area contributed by atoms with E-state index in [1.807, 2.05) is 13.8 Å². The van der Waals surface area contributed by atoms with Crippen molar-refractivity contribution in [3.63, 3.8) is 0 Å². The molecule has 0 spiro atoms. The van der Waals surface area contributed by atoms with Crippen LogP contribution in [-0.2, 0) is 0 Å². The summed E-state index contributed by atoms with van der Waals surface area (Å²) in [5.74, 6) is 0.307. The van der Waals surface area contributed by atoms with E-state index in [1.54, 1.807) is 12.1 Å². The Morgan fingerprint density at radius 3 is 2.60 bits per heavy atom. The Balaban J connectivity index is 3.41. The first-order valence-corrected chi connectivity index (χ1v) is 4.84. The number of rotatable bonds is 4. The van der Waals surface area contributed by atoms with E-state index < -0.39 is 0 Å². The molecule has 0 bridgehead atoms. The minimum Gasteiger partial charge on any atom is -0.492 e. The molecular formula is C12H14O3. The molecule has 0 unspecified atom stereocenters. The summed E-state index contributed by atoms with van der Waals surface area (Å²) >= 11 is 0. The van der Waals surface area contributed by atoms with Gasteiger partial charge in [-0.25, -0.2) is 0 Å². The fraction of sp³-hybridized carbons (Fsp3) is 0.333. The van der Waals surface area contributed by atoms with Gasteiger partial charge in [-0.05, 0) is 32.4 Å². The standard InChI is InChI=1S/C12H14O3/c1-4-15-12-10(9(3)14)6-5-8(2)11(12)7-13/h5-7H,4H2,1-3H3. The lowest BCUT2D eigenvalue weighted by molar-refractivity contribution is 0.101. The molecule has 0 aliphatic heterocycles. The normalized spacial score (nSPS) is 9.80. The highest BCUT2D eigenvalue weighted by Crippen LogP contribution is 2.26. The largest absolute Gasteiger partial charge is 0.492 e. The summed E-state index contributed by atoms with van der Waals surface area (Å²) in [6.45, 7) is 5.53. The van der Waals surface area contributed by atoms with Crippen molar-refractivity contribution in [2.24, 2.45) is 0 Å². The van der Waals surface area contributed by atoms with Crippen molar-refractivity contribution in [2.45, 2.75) is 20.8 Å². The first kappa shape index (κ1) is 11.4. The Morgan fingerprint density at radius 2 is 2.13 bits per heavy atom. The third kappa shape index (κ3) is 2.24. The Kier molecular flexibility index (Phi) is 3.61. The zero-order chi connectivity index (χ0) is 11.4. The van der Waals surface area contributed by atoms with Crippen LogP contribution in [0, 0.1) is 6.92 Å². The predicted molar refractivity (Wildman–Crippen MR) is 57.7 cm³/mol. The van der Waals surface area contributed by atoms with Crippen LogP contribution in [0.4, 0.5) is 0 Å². The molecule has 0 aliphatic carbocycles. The molecule has 0 heterocycles. The van der Waals surface area contributed by atoms with Crippen molar-refractivity contribution < 1.29 is 14.3 Å². The first-order valence-electron chi connectivity index (χ1n) is 4.84. The first-order chi connectivity index (χ1) is 7.11. The van der Waals surface area contributed by atoms with Crippen LogP contribution in [0.3, 0.4) is 0 Å². The second-order valence-corrected chi connectivity index (χ2v) is 3.28. The van der Waals surface area contributed by atoms with Gasteiger partial charge in [0.05, 0.1) is 17.7 Å². The molecule has 0 radical (unpaired) electrons. The van der Waals surface area contributed by atoms with Gasteiger partial charge < -0.3 is 4.74 Å². The lowest BCUT2D eigenvalue weighted by atomic mass is 10.0. The number of carbonyl (C=O) groups excluding carboxylic acids is 2. The van der Waals surface area contributed by atoms with Crippen LogP contribution < -0.4 is 4.74 Å². The Bertz CT molecular complexity index is 394. The van der Waals surface area contributed by atoms with E-state index in [9.17, 15) is 9.59 Å². The lowest BCUT2D eigenvalue weighted by Crippen LogP contribution is -2.05. The predicted octanol–water partition coefficient (Wildman–Crippen LogP) is 2.41. The monoisotopic (exact) mass is 206 g/mol. The van der Waals surface area contributed by atoms with Crippen LogP contribution in [-0.4, -0.2) is 18.7 Å². The molecule has 0 fully saturated rings. The van der Waals surface area contributed by atoms with E-state index in [0.717, 1.165) is 11.8 Å². The third-order valence-electron chi connectivity index (χ3n) is 2.20. The Labute approximate surface area is 89.1 Å². The number of hydrogen-bond acceptors (Lipinski definition) is 3. The highest BCUT2D eigenvalue weighted by molar-refractivity contribution is 6.00. The number of Topliss-reactive ketones (excluding diaryl/α,β-unsaturated/α-hetero) is 1. The van der Waals surface area contributed by atoms with E-state index in [2.05, 4.69) is 0 Å². The molecular weight excluding hydrogens is 192 g/mol. The van der Waals surface area contributed by atoms with Crippen LogP contribution in [0.1, 0.15) is 40.1 Å². The second kappa shape index (κ2) is 4.73. The van der Waals surface area contributed by atoms with Gasteiger partial charge in [0.2, 0.25) is 0 Å². The molecule has 0 N–H and O–H groups in total. The van der Waals surface area contributed by atoms with Crippen LogP contribution in [0.5, 0.6) is 5.75 Å². The molecule has 3 nitrogen and oxygen atoms in total. The van der Waals surface area contributed by atoms with E-state index in [-0.39, 0.29) is 5.78 Å². The molecule has 0 aromatic heterocycles. The van der Waals surface area contributed by atoms with E-state index >= 15 is 0 Å². The Hall–Kier alpha value is -1.64. The van der Waals surface area contributed by atoms with Crippen molar-refractivity contribution in [3.8, 4) is 5.75 Å². The summed E-state index contributed by atoms with van der Waals surface area (Å²) in [7, 11) is 0. The maximum Gasteiger partial charge on any atom is 0.163 e. The topological polar surface area (TPSA) is 43.4 Å². The quantitative estimate of drug-likeness (QED) is 0.561. The summed E-state index contributed by atoms with van der Waals surface area (Å²) in [6.07, 6.45) is 0.729. The molecule has 0 saturated carbocycles. The summed E-state index contributed by atoms with van der Waals surface area (Å²) in [5.41, 5.74) is 1.74. The molecule has 0 saturated heterocycles. The maximum absolute atomic E-state index is 11.3. The van der Waals surface area contributed by atoms with Gasteiger partial charge >= 0.3 is 0 Å². The van der Waals surface area contributed by atoms with Gasteiger partial charge in [0.15, 0.2) is 12.1 Å². The van der Waals surface area contributed by atoms with E-state index in [0.29, 0.717) is 23.5 Å². The fourth-order valence-corrected chi connectivity index (χ4v) is 1.42.